The molecule has 0 aliphatic heterocycles. The molecule has 1 N–H and O–H groups in total. The first-order valence-electron chi connectivity index (χ1n) is 6.86. The number of methoxy groups -OCH3 is 1. The van der Waals surface area contributed by atoms with Gasteiger partial charge in [0.2, 0.25) is 0 Å². The zero-order valence-electron chi connectivity index (χ0n) is 12.5. The molecule has 0 atom stereocenters. The quantitative estimate of drug-likeness (QED) is 0.381. The summed E-state index contributed by atoms with van der Waals surface area (Å²) in [5, 5.41) is 14.0. The Labute approximate surface area is 124 Å². The molecule has 0 fully saturated rings. The number of nitro benzene ring substituents is 1. The Hall–Kier alpha value is -1.70. The van der Waals surface area contributed by atoms with Crippen LogP contribution in [0.4, 0.5) is 5.69 Å². The maximum absolute atomic E-state index is 10.8. The minimum absolute atomic E-state index is 0.0617. The molecule has 7 heteroatoms. The summed E-state index contributed by atoms with van der Waals surface area (Å²) in [5.74, 6) is 0.636. The molecule has 7 nitrogen and oxygen atoms in total. The van der Waals surface area contributed by atoms with Crippen LogP contribution in [0.3, 0.4) is 0 Å². The third-order valence-corrected chi connectivity index (χ3v) is 2.74. The number of nitrogens with zero attached hydrogens (tertiary/aromatic N) is 1. The van der Waals surface area contributed by atoms with Crippen molar-refractivity contribution in [1.82, 2.24) is 5.32 Å². The van der Waals surface area contributed by atoms with Crippen molar-refractivity contribution in [3.05, 3.63) is 33.9 Å². The van der Waals surface area contributed by atoms with Gasteiger partial charge in [-0.3, -0.25) is 10.1 Å². The number of non-ortho nitro benzene ring substituents is 1. The van der Waals surface area contributed by atoms with Crippen molar-refractivity contribution < 1.29 is 19.1 Å². The summed E-state index contributed by atoms with van der Waals surface area (Å²) in [6.45, 7) is 5.18. The zero-order valence-corrected chi connectivity index (χ0v) is 12.5. The highest BCUT2D eigenvalue weighted by Gasteiger charge is 2.11. The van der Waals surface area contributed by atoms with Crippen LogP contribution in [0.25, 0.3) is 0 Å². The minimum Gasteiger partial charge on any atom is -0.491 e. The first kappa shape index (κ1) is 17.4. The molecule has 0 spiro atoms. The van der Waals surface area contributed by atoms with Crippen LogP contribution in [-0.4, -0.2) is 45.0 Å². The fourth-order valence-corrected chi connectivity index (χ4v) is 1.67. The first-order chi connectivity index (χ1) is 10.2. The summed E-state index contributed by atoms with van der Waals surface area (Å²) >= 11 is 0. The summed E-state index contributed by atoms with van der Waals surface area (Å²) in [6, 6.07) is 4.60. The average molecular weight is 298 g/mol. The van der Waals surface area contributed by atoms with Gasteiger partial charge >= 0.3 is 0 Å². The maximum atomic E-state index is 10.8. The number of ether oxygens (including phenoxy) is 3. The SMILES string of the molecule is CCNCc1cc([N+](=O)[O-])ccc1OCCOCCOC. The molecule has 0 saturated carbocycles. The molecular weight excluding hydrogens is 276 g/mol. The van der Waals surface area contributed by atoms with Gasteiger partial charge in [0, 0.05) is 31.4 Å². The second-order valence-electron chi connectivity index (χ2n) is 4.28. The molecule has 0 aliphatic rings. The van der Waals surface area contributed by atoms with Crippen LogP contribution in [0.2, 0.25) is 0 Å². The smallest absolute Gasteiger partial charge is 0.270 e. The topological polar surface area (TPSA) is 82.9 Å². The van der Waals surface area contributed by atoms with Crippen LogP contribution in [0.1, 0.15) is 12.5 Å². The Kier molecular flexibility index (Phi) is 8.34. The van der Waals surface area contributed by atoms with Gasteiger partial charge in [0.1, 0.15) is 12.4 Å². The lowest BCUT2D eigenvalue weighted by molar-refractivity contribution is -0.384. The Morgan fingerprint density at radius 2 is 2.00 bits per heavy atom. The predicted molar refractivity (Wildman–Crippen MR) is 78.7 cm³/mol. The van der Waals surface area contributed by atoms with Gasteiger partial charge in [0.05, 0.1) is 24.7 Å². The molecule has 0 amide bonds. The van der Waals surface area contributed by atoms with Crippen molar-refractivity contribution in [2.75, 3.05) is 40.1 Å². The van der Waals surface area contributed by atoms with Gasteiger partial charge in [-0.2, -0.15) is 0 Å². The fraction of sp³-hybridized carbons (Fsp3) is 0.571. The van der Waals surface area contributed by atoms with E-state index in [9.17, 15) is 10.1 Å². The molecule has 21 heavy (non-hydrogen) atoms. The van der Waals surface area contributed by atoms with Crippen LogP contribution >= 0.6 is 0 Å². The van der Waals surface area contributed by atoms with E-state index in [0.717, 1.165) is 12.1 Å². The molecule has 0 aromatic heterocycles. The van der Waals surface area contributed by atoms with E-state index >= 15 is 0 Å². The van der Waals surface area contributed by atoms with Gasteiger partial charge < -0.3 is 19.5 Å². The van der Waals surface area contributed by atoms with Crippen molar-refractivity contribution >= 4 is 5.69 Å². The molecule has 1 rings (SSSR count). The number of rotatable bonds is 11. The Balaban J connectivity index is 2.56. The standard InChI is InChI=1S/C14H22N2O5/c1-3-15-11-12-10-13(16(17)18)4-5-14(12)21-9-8-20-7-6-19-2/h4-5,10,15H,3,6-9,11H2,1-2H3. The van der Waals surface area contributed by atoms with Gasteiger partial charge in [-0.05, 0) is 12.6 Å². The lowest BCUT2D eigenvalue weighted by atomic mass is 10.1. The van der Waals surface area contributed by atoms with E-state index in [0.29, 0.717) is 38.7 Å². The van der Waals surface area contributed by atoms with Crippen LogP contribution in [0.15, 0.2) is 18.2 Å². The van der Waals surface area contributed by atoms with E-state index in [4.69, 9.17) is 14.2 Å². The Morgan fingerprint density at radius 1 is 1.24 bits per heavy atom. The minimum atomic E-state index is -0.410. The highest BCUT2D eigenvalue weighted by atomic mass is 16.6. The summed E-state index contributed by atoms with van der Waals surface area (Å²) < 4.78 is 15.8. The van der Waals surface area contributed by atoms with E-state index in [-0.39, 0.29) is 5.69 Å². The molecule has 1 aromatic rings. The van der Waals surface area contributed by atoms with Crippen LogP contribution in [0.5, 0.6) is 5.75 Å². The number of benzene rings is 1. The molecule has 0 radical (unpaired) electrons. The van der Waals surface area contributed by atoms with Crippen molar-refractivity contribution in [2.45, 2.75) is 13.5 Å². The molecule has 0 unspecified atom stereocenters. The number of hydrogen-bond donors (Lipinski definition) is 1. The number of nitro groups is 1. The first-order valence-corrected chi connectivity index (χ1v) is 6.86. The van der Waals surface area contributed by atoms with Crippen LogP contribution in [-0.2, 0) is 16.0 Å². The third kappa shape index (κ3) is 6.52. The highest BCUT2D eigenvalue weighted by Crippen LogP contribution is 2.24. The zero-order chi connectivity index (χ0) is 15.5. The summed E-state index contributed by atoms with van der Waals surface area (Å²) in [7, 11) is 1.61. The second-order valence-corrected chi connectivity index (χ2v) is 4.28. The van der Waals surface area contributed by atoms with Crippen molar-refractivity contribution in [1.29, 1.82) is 0 Å². The summed E-state index contributed by atoms with van der Waals surface area (Å²) in [4.78, 5) is 10.4. The van der Waals surface area contributed by atoms with Crippen molar-refractivity contribution in [3.63, 3.8) is 0 Å². The molecule has 0 aliphatic carbocycles. The maximum Gasteiger partial charge on any atom is 0.270 e. The average Bonchev–Trinajstić information content (AvgIpc) is 2.49. The molecule has 118 valence electrons. The van der Waals surface area contributed by atoms with E-state index in [1.54, 1.807) is 13.2 Å². The lowest BCUT2D eigenvalue weighted by Gasteiger charge is -2.12. The molecule has 0 saturated heterocycles. The predicted octanol–water partition coefficient (Wildman–Crippen LogP) is 1.75. The highest BCUT2D eigenvalue weighted by molar-refractivity contribution is 5.43. The fourth-order valence-electron chi connectivity index (χ4n) is 1.67. The van der Waals surface area contributed by atoms with E-state index in [2.05, 4.69) is 5.32 Å². The van der Waals surface area contributed by atoms with Gasteiger partial charge in [-0.1, -0.05) is 6.92 Å². The van der Waals surface area contributed by atoms with Crippen molar-refractivity contribution in [2.24, 2.45) is 0 Å². The Morgan fingerprint density at radius 3 is 2.67 bits per heavy atom. The van der Waals surface area contributed by atoms with Gasteiger partial charge in [0.15, 0.2) is 0 Å². The van der Waals surface area contributed by atoms with Gasteiger partial charge in [0.25, 0.3) is 5.69 Å². The van der Waals surface area contributed by atoms with Gasteiger partial charge in [-0.25, -0.2) is 0 Å². The normalized spacial score (nSPS) is 10.6. The lowest BCUT2D eigenvalue weighted by Crippen LogP contribution is -2.15. The second kappa shape index (κ2) is 10.1. The van der Waals surface area contributed by atoms with E-state index in [1.807, 2.05) is 6.92 Å². The number of nitrogens with one attached hydrogen (secondary N) is 1. The van der Waals surface area contributed by atoms with Crippen molar-refractivity contribution in [3.8, 4) is 5.75 Å². The van der Waals surface area contributed by atoms with E-state index < -0.39 is 4.92 Å². The molecule has 1 aromatic carbocycles. The third-order valence-electron chi connectivity index (χ3n) is 2.74. The molecular formula is C14H22N2O5. The molecule has 0 bridgehead atoms. The summed E-state index contributed by atoms with van der Waals surface area (Å²) in [5.41, 5.74) is 0.828. The van der Waals surface area contributed by atoms with E-state index in [1.165, 1.54) is 12.1 Å². The van der Waals surface area contributed by atoms with Crippen LogP contribution < -0.4 is 10.1 Å². The Bertz CT molecular complexity index is 439. The number of hydrogen-bond acceptors (Lipinski definition) is 6. The summed E-state index contributed by atoms with van der Waals surface area (Å²) in [6.07, 6.45) is 0. The largest absolute Gasteiger partial charge is 0.491 e. The molecule has 0 heterocycles. The van der Waals surface area contributed by atoms with Crippen LogP contribution in [0, 0.1) is 10.1 Å². The monoisotopic (exact) mass is 298 g/mol. The van der Waals surface area contributed by atoms with Gasteiger partial charge in [-0.15, -0.1) is 0 Å².